The van der Waals surface area contributed by atoms with E-state index < -0.39 is 0 Å². The van der Waals surface area contributed by atoms with E-state index in [-0.39, 0.29) is 11.7 Å². The Kier molecular flexibility index (Phi) is 4.03. The average molecular weight is 312 g/mol. The van der Waals surface area contributed by atoms with E-state index in [1.54, 1.807) is 18.2 Å². The largest absolute Gasteiger partial charge is 0.313 e. The molecule has 0 spiro atoms. The number of hydrogen-bond donors (Lipinski definition) is 1. The van der Waals surface area contributed by atoms with Crippen molar-refractivity contribution in [3.8, 4) is 6.07 Å². The summed E-state index contributed by atoms with van der Waals surface area (Å²) in [5.41, 5.74) is 2.43. The zero-order chi connectivity index (χ0) is 15.5. The summed E-state index contributed by atoms with van der Waals surface area (Å²) in [6, 6.07) is 8.07. The van der Waals surface area contributed by atoms with Crippen molar-refractivity contribution in [1.82, 2.24) is 0 Å². The van der Waals surface area contributed by atoms with E-state index in [4.69, 9.17) is 0 Å². The van der Waals surface area contributed by atoms with Crippen LogP contribution < -0.4 is 5.32 Å². The first-order valence-electron chi connectivity index (χ1n) is 6.96. The maximum absolute atomic E-state index is 12.8. The summed E-state index contributed by atoms with van der Waals surface area (Å²) >= 11 is 1.49. The zero-order valence-corrected chi connectivity index (χ0v) is 12.5. The van der Waals surface area contributed by atoms with Gasteiger partial charge in [-0.2, -0.15) is 5.26 Å². The van der Waals surface area contributed by atoms with Gasteiger partial charge in [0.2, 0.25) is 5.91 Å². The number of carbonyl (C=O) groups excluding carboxylic acids is 1. The molecule has 3 nitrogen and oxygen atoms in total. The number of nitrogens with zero attached hydrogens (tertiary/aromatic N) is 1. The zero-order valence-electron chi connectivity index (χ0n) is 11.7. The molecule has 0 saturated heterocycles. The van der Waals surface area contributed by atoms with Gasteiger partial charge in [-0.3, -0.25) is 4.79 Å². The van der Waals surface area contributed by atoms with Crippen LogP contribution in [0.3, 0.4) is 0 Å². The molecular weight excluding hydrogens is 299 g/mol. The first-order valence-corrected chi connectivity index (χ1v) is 7.78. The summed E-state index contributed by atoms with van der Waals surface area (Å²) in [6.07, 6.45) is 5.97. The van der Waals surface area contributed by atoms with E-state index in [0.717, 1.165) is 30.4 Å². The molecule has 1 aromatic heterocycles. The van der Waals surface area contributed by atoms with Crippen LogP contribution >= 0.6 is 11.3 Å². The highest BCUT2D eigenvalue weighted by atomic mass is 32.1. The SMILES string of the molecule is N#Cc1c(NC(=O)C=Cc2ccc(F)cc2)sc2c1CCC2. The quantitative estimate of drug-likeness (QED) is 0.874. The molecule has 5 heteroatoms. The van der Waals surface area contributed by atoms with Gasteiger partial charge in [0.25, 0.3) is 0 Å². The van der Waals surface area contributed by atoms with E-state index >= 15 is 0 Å². The van der Waals surface area contributed by atoms with Gasteiger partial charge in [0, 0.05) is 11.0 Å². The minimum Gasteiger partial charge on any atom is -0.313 e. The number of anilines is 1. The normalized spacial score (nSPS) is 13.1. The van der Waals surface area contributed by atoms with Crippen molar-refractivity contribution in [2.24, 2.45) is 0 Å². The van der Waals surface area contributed by atoms with E-state index in [0.29, 0.717) is 10.6 Å². The van der Waals surface area contributed by atoms with Crippen LogP contribution in [0.2, 0.25) is 0 Å². The van der Waals surface area contributed by atoms with Gasteiger partial charge >= 0.3 is 0 Å². The molecule has 0 radical (unpaired) electrons. The number of nitriles is 1. The summed E-state index contributed by atoms with van der Waals surface area (Å²) in [6.45, 7) is 0. The Hall–Kier alpha value is -2.45. The maximum Gasteiger partial charge on any atom is 0.249 e. The molecule has 0 bridgehead atoms. The van der Waals surface area contributed by atoms with E-state index in [9.17, 15) is 14.4 Å². The molecule has 3 rings (SSSR count). The molecule has 1 heterocycles. The summed E-state index contributed by atoms with van der Waals surface area (Å²) in [7, 11) is 0. The minimum absolute atomic E-state index is 0.291. The number of halogens is 1. The number of thiophene rings is 1. The molecule has 1 aliphatic carbocycles. The van der Waals surface area contributed by atoms with Gasteiger partial charge in [-0.05, 0) is 48.6 Å². The van der Waals surface area contributed by atoms with Crippen molar-refractivity contribution < 1.29 is 9.18 Å². The lowest BCUT2D eigenvalue weighted by atomic mass is 10.1. The number of fused-ring (bicyclic) bond motifs is 1. The van der Waals surface area contributed by atoms with Crippen molar-refractivity contribution in [3.05, 3.63) is 57.7 Å². The predicted octanol–water partition coefficient (Wildman–Crippen LogP) is 3.90. The third-order valence-electron chi connectivity index (χ3n) is 3.57. The van der Waals surface area contributed by atoms with Crippen molar-refractivity contribution in [2.75, 3.05) is 5.32 Å². The summed E-state index contributed by atoms with van der Waals surface area (Å²) in [5, 5.41) is 12.7. The number of hydrogen-bond acceptors (Lipinski definition) is 3. The second-order valence-electron chi connectivity index (χ2n) is 5.05. The Labute approximate surface area is 131 Å². The van der Waals surface area contributed by atoms with Gasteiger partial charge in [0.05, 0.1) is 5.56 Å². The molecule has 0 atom stereocenters. The van der Waals surface area contributed by atoms with Gasteiger partial charge in [-0.1, -0.05) is 12.1 Å². The number of nitrogens with one attached hydrogen (secondary N) is 1. The molecule has 1 N–H and O–H groups in total. The summed E-state index contributed by atoms with van der Waals surface area (Å²) in [4.78, 5) is 13.2. The predicted molar refractivity (Wildman–Crippen MR) is 85.1 cm³/mol. The van der Waals surface area contributed by atoms with Crippen LogP contribution in [-0.2, 0) is 17.6 Å². The van der Waals surface area contributed by atoms with Gasteiger partial charge in [-0.25, -0.2) is 4.39 Å². The molecule has 110 valence electrons. The molecular formula is C17H13FN2OS. The summed E-state index contributed by atoms with van der Waals surface area (Å²) in [5.74, 6) is -0.603. The topological polar surface area (TPSA) is 52.9 Å². The third kappa shape index (κ3) is 2.92. The van der Waals surface area contributed by atoms with Gasteiger partial charge < -0.3 is 5.32 Å². The Morgan fingerprint density at radius 3 is 2.82 bits per heavy atom. The third-order valence-corrected chi connectivity index (χ3v) is 4.77. The molecule has 22 heavy (non-hydrogen) atoms. The average Bonchev–Trinajstić information content (AvgIpc) is 3.07. The lowest BCUT2D eigenvalue weighted by Crippen LogP contribution is -2.07. The summed E-state index contributed by atoms with van der Waals surface area (Å²) < 4.78 is 12.8. The molecule has 0 aliphatic heterocycles. The lowest BCUT2D eigenvalue weighted by Gasteiger charge is -2.00. The Balaban J connectivity index is 1.72. The van der Waals surface area contributed by atoms with Gasteiger partial charge in [0.15, 0.2) is 0 Å². The van der Waals surface area contributed by atoms with Crippen LogP contribution in [-0.4, -0.2) is 5.91 Å². The Bertz CT molecular complexity index is 784. The first-order chi connectivity index (χ1) is 10.7. The number of aryl methyl sites for hydroxylation is 1. The maximum atomic E-state index is 12.8. The fraction of sp³-hybridized carbons (Fsp3) is 0.176. The number of amides is 1. The van der Waals surface area contributed by atoms with Crippen molar-refractivity contribution >= 4 is 28.3 Å². The van der Waals surface area contributed by atoms with E-state index in [1.807, 2.05) is 0 Å². The molecule has 1 aromatic carbocycles. The minimum atomic E-state index is -0.312. The van der Waals surface area contributed by atoms with Crippen LogP contribution in [0.25, 0.3) is 6.08 Å². The van der Waals surface area contributed by atoms with E-state index in [1.165, 1.54) is 34.4 Å². The standard InChI is InChI=1S/C17H13FN2OS/c18-12-7-4-11(5-8-12)6-9-16(21)20-17-14(10-19)13-2-1-3-15(13)22-17/h4-9H,1-3H2,(H,20,21). The van der Waals surface area contributed by atoms with E-state index in [2.05, 4.69) is 11.4 Å². The highest BCUT2D eigenvalue weighted by Crippen LogP contribution is 2.38. The van der Waals surface area contributed by atoms with Crippen LogP contribution in [0.15, 0.2) is 30.3 Å². The van der Waals surface area contributed by atoms with Gasteiger partial charge in [-0.15, -0.1) is 11.3 Å². The highest BCUT2D eigenvalue weighted by molar-refractivity contribution is 7.16. The fourth-order valence-corrected chi connectivity index (χ4v) is 3.75. The smallest absolute Gasteiger partial charge is 0.249 e. The monoisotopic (exact) mass is 312 g/mol. The van der Waals surface area contributed by atoms with Crippen molar-refractivity contribution in [3.63, 3.8) is 0 Å². The van der Waals surface area contributed by atoms with Crippen molar-refractivity contribution in [2.45, 2.75) is 19.3 Å². The first kappa shape index (κ1) is 14.5. The Morgan fingerprint density at radius 2 is 2.09 bits per heavy atom. The van der Waals surface area contributed by atoms with Gasteiger partial charge in [0.1, 0.15) is 16.9 Å². The lowest BCUT2D eigenvalue weighted by molar-refractivity contribution is -0.111. The van der Waals surface area contributed by atoms with Crippen LogP contribution in [0.5, 0.6) is 0 Å². The molecule has 0 fully saturated rings. The number of rotatable bonds is 3. The second kappa shape index (κ2) is 6.12. The fourth-order valence-electron chi connectivity index (χ4n) is 2.51. The molecule has 0 saturated carbocycles. The van der Waals surface area contributed by atoms with Crippen LogP contribution in [0.1, 0.15) is 28.0 Å². The molecule has 0 unspecified atom stereocenters. The molecule has 1 amide bonds. The van der Waals surface area contributed by atoms with Crippen LogP contribution in [0.4, 0.5) is 9.39 Å². The van der Waals surface area contributed by atoms with Crippen molar-refractivity contribution in [1.29, 1.82) is 5.26 Å². The number of carbonyl (C=O) groups is 1. The molecule has 2 aromatic rings. The second-order valence-corrected chi connectivity index (χ2v) is 6.15. The number of benzene rings is 1. The Morgan fingerprint density at radius 1 is 1.32 bits per heavy atom. The van der Waals surface area contributed by atoms with Crippen LogP contribution in [0, 0.1) is 17.1 Å². The highest BCUT2D eigenvalue weighted by Gasteiger charge is 2.22. The molecule has 1 aliphatic rings.